The van der Waals surface area contributed by atoms with E-state index in [0.29, 0.717) is 30.1 Å². The van der Waals surface area contributed by atoms with Crippen molar-refractivity contribution in [3.05, 3.63) is 23.8 Å². The van der Waals surface area contributed by atoms with Gasteiger partial charge in [-0.15, -0.1) is 0 Å². The number of hydrogen-bond donors (Lipinski definition) is 3. The van der Waals surface area contributed by atoms with Crippen LogP contribution in [0, 0.1) is 5.92 Å². The first-order valence-electron chi connectivity index (χ1n) is 10.1. The molecule has 0 fully saturated rings. The zero-order valence-electron chi connectivity index (χ0n) is 18.2. The second kappa shape index (κ2) is 9.93. The molecular weight excluding hydrogens is 372 g/mol. The molecule has 1 heterocycles. The van der Waals surface area contributed by atoms with Crippen molar-refractivity contribution in [1.29, 1.82) is 0 Å². The number of urea groups is 1. The van der Waals surface area contributed by atoms with Crippen molar-refractivity contribution in [2.75, 3.05) is 39.1 Å². The minimum absolute atomic E-state index is 0.0227. The molecule has 1 aliphatic heterocycles. The Kier molecular flexibility index (Phi) is 7.87. The van der Waals surface area contributed by atoms with Gasteiger partial charge in [0.05, 0.1) is 23.9 Å². The van der Waals surface area contributed by atoms with E-state index in [1.807, 2.05) is 46.7 Å². The maximum absolute atomic E-state index is 13.3. The normalized spacial score (nSPS) is 20.6. The SMILES string of the molecule is CC(C)NC(=O)Nc1cccc2c1O[C@H](CN(C)C)[C@@H](C)CN([C@@H](C)CO)C2=O. The van der Waals surface area contributed by atoms with Crippen LogP contribution >= 0.6 is 0 Å². The molecule has 0 radical (unpaired) electrons. The van der Waals surface area contributed by atoms with Crippen molar-refractivity contribution in [1.82, 2.24) is 15.1 Å². The van der Waals surface area contributed by atoms with E-state index < -0.39 is 0 Å². The van der Waals surface area contributed by atoms with Gasteiger partial charge in [-0.25, -0.2) is 4.79 Å². The Balaban J connectivity index is 2.50. The van der Waals surface area contributed by atoms with Crippen molar-refractivity contribution in [2.24, 2.45) is 5.92 Å². The molecule has 2 rings (SSSR count). The maximum Gasteiger partial charge on any atom is 0.319 e. The Morgan fingerprint density at radius 3 is 2.62 bits per heavy atom. The highest BCUT2D eigenvalue weighted by atomic mass is 16.5. The van der Waals surface area contributed by atoms with Crippen molar-refractivity contribution in [3.8, 4) is 5.75 Å². The summed E-state index contributed by atoms with van der Waals surface area (Å²) in [5.74, 6) is 0.176. The second-order valence-electron chi connectivity index (χ2n) is 8.32. The van der Waals surface area contributed by atoms with Crippen LogP contribution in [-0.4, -0.2) is 78.8 Å². The molecular formula is C21H34N4O4. The summed E-state index contributed by atoms with van der Waals surface area (Å²) in [6, 6.07) is 4.44. The summed E-state index contributed by atoms with van der Waals surface area (Å²) in [5, 5.41) is 15.3. The second-order valence-corrected chi connectivity index (χ2v) is 8.32. The predicted octanol–water partition coefficient (Wildman–Crippen LogP) is 2.00. The molecule has 3 atom stereocenters. The van der Waals surface area contributed by atoms with E-state index in [0.717, 1.165) is 0 Å². The van der Waals surface area contributed by atoms with E-state index in [1.54, 1.807) is 23.1 Å². The lowest BCUT2D eigenvalue weighted by molar-refractivity contribution is 0.0365. The molecule has 1 aliphatic rings. The largest absolute Gasteiger partial charge is 0.486 e. The summed E-state index contributed by atoms with van der Waals surface area (Å²) < 4.78 is 6.33. The lowest BCUT2D eigenvalue weighted by atomic mass is 9.99. The molecule has 0 aliphatic carbocycles. The molecule has 0 aromatic heterocycles. The summed E-state index contributed by atoms with van der Waals surface area (Å²) in [7, 11) is 3.94. The van der Waals surface area contributed by atoms with E-state index in [1.165, 1.54) is 0 Å². The number of anilines is 1. The highest BCUT2D eigenvalue weighted by molar-refractivity contribution is 6.01. The number of amides is 3. The number of ether oxygens (including phenoxy) is 1. The van der Waals surface area contributed by atoms with Crippen LogP contribution in [0.3, 0.4) is 0 Å². The van der Waals surface area contributed by atoms with Gasteiger partial charge in [0.1, 0.15) is 6.10 Å². The van der Waals surface area contributed by atoms with E-state index in [-0.39, 0.29) is 42.7 Å². The average Bonchev–Trinajstić information content (AvgIpc) is 2.63. The lowest BCUT2D eigenvalue weighted by Crippen LogP contribution is -2.49. The van der Waals surface area contributed by atoms with Gasteiger partial charge in [0.25, 0.3) is 5.91 Å². The molecule has 0 unspecified atom stereocenters. The van der Waals surface area contributed by atoms with Gasteiger partial charge in [0.15, 0.2) is 5.75 Å². The van der Waals surface area contributed by atoms with Crippen LogP contribution in [0.2, 0.25) is 0 Å². The molecule has 1 aromatic carbocycles. The number of nitrogens with zero attached hydrogens (tertiary/aromatic N) is 2. The minimum Gasteiger partial charge on any atom is -0.486 e. The van der Waals surface area contributed by atoms with Crippen molar-refractivity contribution in [3.63, 3.8) is 0 Å². The quantitative estimate of drug-likeness (QED) is 0.672. The zero-order valence-corrected chi connectivity index (χ0v) is 18.2. The Bertz CT molecular complexity index is 723. The van der Waals surface area contributed by atoms with Crippen molar-refractivity contribution < 1.29 is 19.4 Å². The lowest BCUT2D eigenvalue weighted by Gasteiger charge is -2.38. The number of aliphatic hydroxyl groups is 1. The summed E-state index contributed by atoms with van der Waals surface area (Å²) in [6.07, 6.45) is -0.193. The third-order valence-corrected chi connectivity index (χ3v) is 4.90. The third-order valence-electron chi connectivity index (χ3n) is 4.90. The van der Waals surface area contributed by atoms with Gasteiger partial charge in [-0.3, -0.25) is 4.79 Å². The fourth-order valence-corrected chi connectivity index (χ4v) is 3.34. The highest BCUT2D eigenvalue weighted by Crippen LogP contribution is 2.34. The summed E-state index contributed by atoms with van der Waals surface area (Å²) in [5.41, 5.74) is 0.826. The Labute approximate surface area is 173 Å². The molecule has 3 amide bonds. The molecule has 0 bridgehead atoms. The topological polar surface area (TPSA) is 94.1 Å². The van der Waals surface area contributed by atoms with Crippen LogP contribution in [0.4, 0.5) is 10.5 Å². The van der Waals surface area contributed by atoms with E-state index in [4.69, 9.17) is 4.74 Å². The van der Waals surface area contributed by atoms with Crippen LogP contribution in [0.15, 0.2) is 18.2 Å². The third kappa shape index (κ3) is 5.83. The molecule has 8 heteroatoms. The van der Waals surface area contributed by atoms with Crippen LogP contribution < -0.4 is 15.4 Å². The summed E-state index contributed by atoms with van der Waals surface area (Å²) >= 11 is 0. The van der Waals surface area contributed by atoms with Crippen LogP contribution in [0.5, 0.6) is 5.75 Å². The number of benzene rings is 1. The number of nitrogens with one attached hydrogen (secondary N) is 2. The standard InChI is InChI=1S/C21H34N4O4/c1-13(2)22-21(28)23-17-9-7-8-16-19(17)29-18(11-24(5)6)14(3)10-25(20(16)27)15(4)12-26/h7-9,13-15,18,26H,10-12H2,1-6H3,(H2,22,23,28)/t14-,15-,18+/m0/s1. The van der Waals surface area contributed by atoms with Gasteiger partial charge in [-0.05, 0) is 47.0 Å². The molecule has 0 spiro atoms. The Morgan fingerprint density at radius 1 is 1.34 bits per heavy atom. The fraction of sp³-hybridized carbons (Fsp3) is 0.619. The van der Waals surface area contributed by atoms with Crippen LogP contribution in [-0.2, 0) is 0 Å². The molecule has 0 saturated carbocycles. The monoisotopic (exact) mass is 406 g/mol. The summed E-state index contributed by atoms with van der Waals surface area (Å²) in [4.78, 5) is 29.3. The number of para-hydroxylation sites is 1. The molecule has 0 saturated heterocycles. The molecule has 3 N–H and O–H groups in total. The van der Waals surface area contributed by atoms with Gasteiger partial charge in [-0.2, -0.15) is 0 Å². The maximum atomic E-state index is 13.3. The number of aliphatic hydroxyl groups excluding tert-OH is 1. The van der Waals surface area contributed by atoms with E-state index in [2.05, 4.69) is 10.6 Å². The highest BCUT2D eigenvalue weighted by Gasteiger charge is 2.34. The van der Waals surface area contributed by atoms with Gasteiger partial charge in [0.2, 0.25) is 0 Å². The Morgan fingerprint density at radius 2 is 2.03 bits per heavy atom. The van der Waals surface area contributed by atoms with Gasteiger partial charge in [-0.1, -0.05) is 13.0 Å². The smallest absolute Gasteiger partial charge is 0.319 e. The van der Waals surface area contributed by atoms with Gasteiger partial charge >= 0.3 is 6.03 Å². The minimum atomic E-state index is -0.357. The van der Waals surface area contributed by atoms with E-state index >= 15 is 0 Å². The molecule has 29 heavy (non-hydrogen) atoms. The van der Waals surface area contributed by atoms with Gasteiger partial charge in [0, 0.05) is 25.0 Å². The van der Waals surface area contributed by atoms with Gasteiger partial charge < -0.3 is 30.3 Å². The van der Waals surface area contributed by atoms with Crippen LogP contribution in [0.25, 0.3) is 0 Å². The Hall–Kier alpha value is -2.32. The first kappa shape index (κ1) is 23.0. The van der Waals surface area contributed by atoms with Crippen molar-refractivity contribution >= 4 is 17.6 Å². The number of rotatable bonds is 6. The predicted molar refractivity (Wildman–Crippen MR) is 113 cm³/mol. The molecule has 162 valence electrons. The number of carbonyl (C=O) groups excluding carboxylic acids is 2. The average molecular weight is 407 g/mol. The number of likely N-dealkylation sites (N-methyl/N-ethyl adjacent to an activating group) is 1. The number of hydrogen-bond acceptors (Lipinski definition) is 5. The van der Waals surface area contributed by atoms with E-state index in [9.17, 15) is 14.7 Å². The number of carbonyl (C=O) groups is 2. The first-order chi connectivity index (χ1) is 13.6. The first-order valence-corrected chi connectivity index (χ1v) is 10.1. The fourth-order valence-electron chi connectivity index (χ4n) is 3.34. The summed E-state index contributed by atoms with van der Waals surface area (Å²) in [6.45, 7) is 8.61. The van der Waals surface area contributed by atoms with Crippen molar-refractivity contribution in [2.45, 2.75) is 45.9 Å². The number of fused-ring (bicyclic) bond motifs is 1. The molecule has 8 nitrogen and oxygen atoms in total. The zero-order chi connectivity index (χ0) is 21.7. The van der Waals surface area contributed by atoms with Crippen LogP contribution in [0.1, 0.15) is 38.1 Å². The molecule has 1 aromatic rings.